The maximum atomic E-state index is 12.7. The van der Waals surface area contributed by atoms with Crippen molar-refractivity contribution in [2.45, 2.75) is 31.3 Å². The van der Waals surface area contributed by atoms with E-state index in [9.17, 15) is 13.2 Å². The minimum atomic E-state index is -3.54. The molecule has 0 N–H and O–H groups in total. The van der Waals surface area contributed by atoms with Crippen LogP contribution in [0.2, 0.25) is 5.02 Å². The summed E-state index contributed by atoms with van der Waals surface area (Å²) in [7, 11) is -3.54. The molecule has 4 rings (SSSR count). The molecule has 0 unspecified atom stereocenters. The second-order valence-corrected chi connectivity index (χ2v) is 9.93. The molecule has 0 bridgehead atoms. The number of nitrogens with zero attached hydrogens (tertiary/aromatic N) is 2. The van der Waals surface area contributed by atoms with E-state index < -0.39 is 10.0 Å². The van der Waals surface area contributed by atoms with Gasteiger partial charge in [0.1, 0.15) is 6.61 Å². The Kier molecular flexibility index (Phi) is 6.27. The van der Waals surface area contributed by atoms with Crippen LogP contribution in [0, 0.1) is 12.8 Å². The van der Waals surface area contributed by atoms with E-state index >= 15 is 0 Å². The van der Waals surface area contributed by atoms with Gasteiger partial charge in [0.05, 0.1) is 27.0 Å². The Bertz CT molecular complexity index is 1210. The van der Waals surface area contributed by atoms with E-state index in [1.54, 1.807) is 30.3 Å². The fraction of sp³-hybridized carbons (Fsp3) is 0.304. The predicted molar refractivity (Wildman–Crippen MR) is 119 cm³/mol. The summed E-state index contributed by atoms with van der Waals surface area (Å²) in [5.41, 5.74) is 2.22. The number of carbonyl (C=O) groups excluding carboxylic acids is 1. The number of aromatic nitrogens is 1. The lowest BCUT2D eigenvalue weighted by atomic mass is 9.98. The van der Waals surface area contributed by atoms with Crippen molar-refractivity contribution in [1.82, 2.24) is 9.29 Å². The number of hydrogen-bond donors (Lipinski definition) is 0. The Morgan fingerprint density at radius 1 is 1.10 bits per heavy atom. The van der Waals surface area contributed by atoms with Crippen LogP contribution in [0.25, 0.3) is 10.9 Å². The van der Waals surface area contributed by atoms with Crippen LogP contribution in [0.4, 0.5) is 0 Å². The lowest BCUT2D eigenvalue weighted by Gasteiger charge is -2.30. The number of benzene rings is 2. The molecule has 3 aromatic rings. The zero-order valence-electron chi connectivity index (χ0n) is 17.1. The maximum absolute atomic E-state index is 12.7. The lowest BCUT2D eigenvalue weighted by molar-refractivity contribution is -0.151. The molecular weight excluding hydrogens is 436 g/mol. The Balaban J connectivity index is 1.38. The standard InChI is InChI=1S/C23H23ClN2O4S/c1-16-19-9-5-6-10-20(19)25-21(22(16)24)15-30-23(27)17-11-13-26(14-12-17)31(28,29)18-7-3-2-4-8-18/h2-10,17H,11-15H2,1H3. The largest absolute Gasteiger partial charge is 0.459 e. The SMILES string of the molecule is Cc1c(Cl)c(COC(=O)C2CCN(S(=O)(=O)c3ccccc3)CC2)nc2ccccc12. The third-order valence-corrected chi connectivity index (χ3v) is 8.08. The molecule has 2 heterocycles. The number of fused-ring (bicyclic) bond motifs is 1. The molecule has 0 aliphatic carbocycles. The van der Waals surface area contributed by atoms with Crippen LogP contribution >= 0.6 is 11.6 Å². The number of rotatable bonds is 5. The molecular formula is C23H23ClN2O4S. The van der Waals surface area contributed by atoms with Crippen LogP contribution in [0.1, 0.15) is 24.1 Å². The average Bonchev–Trinajstić information content (AvgIpc) is 2.81. The molecule has 1 aliphatic heterocycles. The van der Waals surface area contributed by atoms with Crippen LogP contribution in [-0.4, -0.2) is 36.8 Å². The van der Waals surface area contributed by atoms with E-state index in [0.717, 1.165) is 16.5 Å². The summed E-state index contributed by atoms with van der Waals surface area (Å²) < 4.78 is 32.4. The van der Waals surface area contributed by atoms with Crippen LogP contribution in [-0.2, 0) is 26.2 Å². The quantitative estimate of drug-likeness (QED) is 0.531. The van der Waals surface area contributed by atoms with E-state index in [0.29, 0.717) is 23.6 Å². The zero-order chi connectivity index (χ0) is 22.0. The van der Waals surface area contributed by atoms with Crippen molar-refractivity contribution in [3.63, 3.8) is 0 Å². The first kappa shape index (κ1) is 21.7. The number of piperidine rings is 1. The highest BCUT2D eigenvalue weighted by Crippen LogP contribution is 2.28. The number of sulfonamides is 1. The number of halogens is 1. The fourth-order valence-electron chi connectivity index (χ4n) is 3.84. The second-order valence-electron chi connectivity index (χ2n) is 7.61. The predicted octanol–water partition coefficient (Wildman–Crippen LogP) is 4.34. The summed E-state index contributed by atoms with van der Waals surface area (Å²) in [6.45, 7) is 2.47. The van der Waals surface area contributed by atoms with Crippen LogP contribution < -0.4 is 0 Å². The Morgan fingerprint density at radius 3 is 2.45 bits per heavy atom. The third-order valence-electron chi connectivity index (χ3n) is 5.67. The first-order valence-corrected chi connectivity index (χ1v) is 12.0. The van der Waals surface area contributed by atoms with Crippen molar-refractivity contribution in [2.75, 3.05) is 13.1 Å². The lowest BCUT2D eigenvalue weighted by Crippen LogP contribution is -2.40. The molecule has 1 aliphatic rings. The molecule has 1 fully saturated rings. The summed E-state index contributed by atoms with van der Waals surface area (Å²) in [5.74, 6) is -0.692. The van der Waals surface area contributed by atoms with E-state index in [1.165, 1.54) is 4.31 Å². The van der Waals surface area contributed by atoms with Crippen molar-refractivity contribution < 1.29 is 17.9 Å². The fourth-order valence-corrected chi connectivity index (χ4v) is 5.53. The Hall–Kier alpha value is -2.48. The molecule has 1 saturated heterocycles. The topological polar surface area (TPSA) is 76.6 Å². The van der Waals surface area contributed by atoms with Gasteiger partial charge in [-0.3, -0.25) is 4.79 Å². The minimum absolute atomic E-state index is 0.00807. The highest BCUT2D eigenvalue weighted by Gasteiger charge is 2.32. The minimum Gasteiger partial charge on any atom is -0.459 e. The monoisotopic (exact) mass is 458 g/mol. The number of esters is 1. The molecule has 0 atom stereocenters. The number of pyridine rings is 1. The van der Waals surface area contributed by atoms with Gasteiger partial charge in [-0.15, -0.1) is 0 Å². The number of hydrogen-bond acceptors (Lipinski definition) is 5. The van der Waals surface area contributed by atoms with E-state index in [1.807, 2.05) is 31.2 Å². The van der Waals surface area contributed by atoms with Gasteiger partial charge in [-0.1, -0.05) is 48.0 Å². The molecule has 0 spiro atoms. The molecule has 31 heavy (non-hydrogen) atoms. The van der Waals surface area contributed by atoms with Gasteiger partial charge in [0.25, 0.3) is 0 Å². The summed E-state index contributed by atoms with van der Waals surface area (Å²) in [6.07, 6.45) is 0.839. The van der Waals surface area contributed by atoms with Gasteiger partial charge in [0, 0.05) is 18.5 Å². The van der Waals surface area contributed by atoms with Gasteiger partial charge in [0.2, 0.25) is 10.0 Å². The summed E-state index contributed by atoms with van der Waals surface area (Å²) in [6, 6.07) is 16.0. The molecule has 0 amide bonds. The van der Waals surface area contributed by atoms with Gasteiger partial charge in [-0.05, 0) is 43.5 Å². The summed E-state index contributed by atoms with van der Waals surface area (Å²) in [4.78, 5) is 17.4. The van der Waals surface area contributed by atoms with Crippen LogP contribution in [0.5, 0.6) is 0 Å². The van der Waals surface area contributed by atoms with E-state index in [2.05, 4.69) is 4.98 Å². The number of ether oxygens (including phenoxy) is 1. The van der Waals surface area contributed by atoms with Crippen LogP contribution in [0.15, 0.2) is 59.5 Å². The zero-order valence-corrected chi connectivity index (χ0v) is 18.7. The van der Waals surface area contributed by atoms with E-state index in [-0.39, 0.29) is 36.5 Å². The molecule has 2 aromatic carbocycles. The van der Waals surface area contributed by atoms with E-state index in [4.69, 9.17) is 16.3 Å². The maximum Gasteiger partial charge on any atom is 0.309 e. The van der Waals surface area contributed by atoms with Gasteiger partial charge in [-0.25, -0.2) is 13.4 Å². The summed E-state index contributed by atoms with van der Waals surface area (Å²) >= 11 is 6.44. The highest BCUT2D eigenvalue weighted by atomic mass is 35.5. The first-order valence-electron chi connectivity index (χ1n) is 10.1. The van der Waals surface area contributed by atoms with Crippen LogP contribution in [0.3, 0.4) is 0 Å². The summed E-state index contributed by atoms with van der Waals surface area (Å²) in [5, 5.41) is 1.46. The third kappa shape index (κ3) is 4.44. The molecule has 8 heteroatoms. The Morgan fingerprint density at radius 2 is 1.74 bits per heavy atom. The number of carbonyl (C=O) groups is 1. The average molecular weight is 459 g/mol. The van der Waals surface area contributed by atoms with Gasteiger partial charge >= 0.3 is 5.97 Å². The highest BCUT2D eigenvalue weighted by molar-refractivity contribution is 7.89. The molecule has 6 nitrogen and oxygen atoms in total. The second kappa shape index (κ2) is 8.94. The van der Waals surface area contributed by atoms with Gasteiger partial charge in [-0.2, -0.15) is 4.31 Å². The van der Waals surface area contributed by atoms with Gasteiger partial charge in [0.15, 0.2) is 0 Å². The van der Waals surface area contributed by atoms with Crippen molar-refractivity contribution in [1.29, 1.82) is 0 Å². The number of aryl methyl sites for hydroxylation is 1. The van der Waals surface area contributed by atoms with Crippen molar-refractivity contribution in [3.8, 4) is 0 Å². The molecule has 0 saturated carbocycles. The molecule has 162 valence electrons. The van der Waals surface area contributed by atoms with Crippen molar-refractivity contribution >= 4 is 38.5 Å². The normalized spacial score (nSPS) is 15.8. The van der Waals surface area contributed by atoms with Gasteiger partial charge < -0.3 is 4.74 Å². The smallest absolute Gasteiger partial charge is 0.309 e. The molecule has 1 aromatic heterocycles. The number of para-hydroxylation sites is 1. The molecule has 0 radical (unpaired) electrons. The van der Waals surface area contributed by atoms with Crippen molar-refractivity contribution in [3.05, 3.63) is 70.9 Å². The van der Waals surface area contributed by atoms with Crippen molar-refractivity contribution in [2.24, 2.45) is 5.92 Å². The first-order chi connectivity index (χ1) is 14.9. The Labute approximate surface area is 186 Å².